The van der Waals surface area contributed by atoms with Crippen molar-refractivity contribution in [1.29, 1.82) is 0 Å². The molecule has 0 spiro atoms. The zero-order valence-corrected chi connectivity index (χ0v) is 10.4. The molecule has 1 aromatic heterocycles. The van der Waals surface area contributed by atoms with Crippen LogP contribution in [0, 0.1) is 12.7 Å². The van der Waals surface area contributed by atoms with Crippen LogP contribution in [0.25, 0.3) is 0 Å². The van der Waals surface area contributed by atoms with Crippen LogP contribution in [0.1, 0.15) is 5.56 Å². The molecule has 0 saturated heterocycles. The highest BCUT2D eigenvalue weighted by Crippen LogP contribution is 2.12. The lowest BCUT2D eigenvalue weighted by molar-refractivity contribution is -0.116. The van der Waals surface area contributed by atoms with E-state index in [0.29, 0.717) is 0 Å². The third-order valence-corrected chi connectivity index (χ3v) is 2.61. The van der Waals surface area contributed by atoms with Gasteiger partial charge in [-0.05, 0) is 30.7 Å². The lowest BCUT2D eigenvalue weighted by Gasteiger charge is -2.08. The molecule has 2 aromatic rings. The summed E-state index contributed by atoms with van der Waals surface area (Å²) in [5, 5.41) is 2.43. The van der Waals surface area contributed by atoms with E-state index in [1.54, 1.807) is 25.3 Å². The largest absolute Gasteiger partial charge is 0.322 e. The lowest BCUT2D eigenvalue weighted by Crippen LogP contribution is -2.27. The molecule has 98 valence electrons. The van der Waals surface area contributed by atoms with Crippen molar-refractivity contribution in [3.63, 3.8) is 0 Å². The van der Waals surface area contributed by atoms with Gasteiger partial charge in [-0.1, -0.05) is 12.1 Å². The van der Waals surface area contributed by atoms with Crippen molar-refractivity contribution in [1.82, 2.24) is 4.57 Å². The van der Waals surface area contributed by atoms with Gasteiger partial charge in [-0.15, -0.1) is 0 Å². The van der Waals surface area contributed by atoms with Gasteiger partial charge in [-0.3, -0.25) is 9.59 Å². The number of para-hydroxylation sites is 1. The van der Waals surface area contributed by atoms with E-state index < -0.39 is 11.7 Å². The molecule has 0 aliphatic rings. The van der Waals surface area contributed by atoms with Crippen molar-refractivity contribution in [2.45, 2.75) is 13.5 Å². The minimum Gasteiger partial charge on any atom is -0.322 e. The first-order valence-electron chi connectivity index (χ1n) is 5.78. The number of hydrogen-bond donors (Lipinski definition) is 1. The van der Waals surface area contributed by atoms with Gasteiger partial charge in [0.1, 0.15) is 12.4 Å². The Morgan fingerprint density at radius 1 is 1.32 bits per heavy atom. The normalized spacial score (nSPS) is 10.2. The first kappa shape index (κ1) is 13.0. The number of hydrogen-bond acceptors (Lipinski definition) is 2. The molecule has 2 rings (SSSR count). The number of amides is 1. The Morgan fingerprint density at radius 2 is 2.05 bits per heavy atom. The molecule has 0 saturated carbocycles. The fraction of sp³-hybridized carbons (Fsp3) is 0.143. The average Bonchev–Trinajstić information content (AvgIpc) is 2.36. The van der Waals surface area contributed by atoms with Crippen LogP contribution in [0.2, 0.25) is 0 Å². The van der Waals surface area contributed by atoms with E-state index in [4.69, 9.17) is 0 Å². The summed E-state index contributed by atoms with van der Waals surface area (Å²) in [5.74, 6) is -0.955. The maximum absolute atomic E-state index is 13.3. The third-order valence-electron chi connectivity index (χ3n) is 2.61. The van der Waals surface area contributed by atoms with E-state index in [-0.39, 0.29) is 17.8 Å². The number of rotatable bonds is 3. The molecule has 0 atom stereocenters. The molecule has 1 N–H and O–H groups in total. The standard InChI is InChI=1S/C14H13FN2O2/c1-10-6-7-17(14(19)8-10)9-13(18)16-12-5-3-2-4-11(12)15/h2-8H,9H2,1H3,(H,16,18). The molecule has 0 radical (unpaired) electrons. The number of nitrogens with zero attached hydrogens (tertiary/aromatic N) is 1. The molecule has 1 amide bonds. The van der Waals surface area contributed by atoms with Crippen LogP contribution in [0.3, 0.4) is 0 Å². The SMILES string of the molecule is Cc1ccn(CC(=O)Nc2ccccc2F)c(=O)c1. The maximum atomic E-state index is 13.3. The quantitative estimate of drug-likeness (QED) is 0.916. The average molecular weight is 260 g/mol. The molecule has 1 heterocycles. The molecule has 0 bridgehead atoms. The Bertz CT molecular complexity index is 664. The van der Waals surface area contributed by atoms with Gasteiger partial charge in [0.25, 0.3) is 5.56 Å². The summed E-state index contributed by atoms with van der Waals surface area (Å²) in [6.07, 6.45) is 1.54. The van der Waals surface area contributed by atoms with Crippen molar-refractivity contribution in [2.75, 3.05) is 5.32 Å². The minimum absolute atomic E-state index is 0.104. The highest BCUT2D eigenvalue weighted by atomic mass is 19.1. The van der Waals surface area contributed by atoms with E-state index >= 15 is 0 Å². The smallest absolute Gasteiger partial charge is 0.251 e. The molecule has 0 unspecified atom stereocenters. The number of benzene rings is 1. The van der Waals surface area contributed by atoms with Gasteiger partial charge in [-0.25, -0.2) is 4.39 Å². The molecule has 4 nitrogen and oxygen atoms in total. The van der Waals surface area contributed by atoms with Gasteiger partial charge >= 0.3 is 0 Å². The molecule has 19 heavy (non-hydrogen) atoms. The van der Waals surface area contributed by atoms with Crippen LogP contribution in [0.4, 0.5) is 10.1 Å². The minimum atomic E-state index is -0.507. The van der Waals surface area contributed by atoms with Gasteiger partial charge in [0, 0.05) is 12.3 Å². The number of nitrogens with one attached hydrogen (secondary N) is 1. The summed E-state index contributed by atoms with van der Waals surface area (Å²) in [5.41, 5.74) is 0.673. The summed E-state index contributed by atoms with van der Waals surface area (Å²) in [7, 11) is 0. The Morgan fingerprint density at radius 3 is 2.74 bits per heavy atom. The second kappa shape index (κ2) is 5.48. The third kappa shape index (κ3) is 3.28. The van der Waals surface area contributed by atoms with Crippen LogP contribution < -0.4 is 10.9 Å². The highest BCUT2D eigenvalue weighted by Gasteiger charge is 2.07. The number of aromatic nitrogens is 1. The van der Waals surface area contributed by atoms with Gasteiger partial charge in [0.05, 0.1) is 5.69 Å². The molecular weight excluding hydrogens is 247 g/mol. The van der Waals surface area contributed by atoms with Gasteiger partial charge in [-0.2, -0.15) is 0 Å². The van der Waals surface area contributed by atoms with Gasteiger partial charge in [0.15, 0.2) is 0 Å². The zero-order valence-electron chi connectivity index (χ0n) is 10.4. The van der Waals surface area contributed by atoms with Crippen LogP contribution in [-0.4, -0.2) is 10.5 Å². The van der Waals surface area contributed by atoms with E-state index in [1.807, 2.05) is 0 Å². The van der Waals surface area contributed by atoms with E-state index in [2.05, 4.69) is 5.32 Å². The second-order valence-corrected chi connectivity index (χ2v) is 4.20. The van der Waals surface area contributed by atoms with Crippen LogP contribution in [-0.2, 0) is 11.3 Å². The number of halogens is 1. The monoisotopic (exact) mass is 260 g/mol. The summed E-state index contributed by atoms with van der Waals surface area (Å²) < 4.78 is 14.6. The van der Waals surface area contributed by atoms with Crippen molar-refractivity contribution in [3.8, 4) is 0 Å². The topological polar surface area (TPSA) is 51.1 Å². The Balaban J connectivity index is 2.10. The highest BCUT2D eigenvalue weighted by molar-refractivity contribution is 5.90. The van der Waals surface area contributed by atoms with Crippen molar-refractivity contribution >= 4 is 11.6 Å². The molecule has 1 aromatic carbocycles. The maximum Gasteiger partial charge on any atom is 0.251 e. The summed E-state index contributed by atoms with van der Waals surface area (Å²) in [4.78, 5) is 23.3. The van der Waals surface area contributed by atoms with E-state index in [0.717, 1.165) is 5.56 Å². The van der Waals surface area contributed by atoms with Crippen molar-refractivity contribution in [2.24, 2.45) is 0 Å². The predicted molar refractivity (Wildman–Crippen MR) is 70.5 cm³/mol. The molecule has 5 heteroatoms. The molecule has 0 fully saturated rings. The number of pyridine rings is 1. The second-order valence-electron chi connectivity index (χ2n) is 4.20. The molecular formula is C14H13FN2O2. The summed E-state index contributed by atoms with van der Waals surface area (Å²) in [6.45, 7) is 1.65. The van der Waals surface area contributed by atoms with Crippen molar-refractivity contribution in [3.05, 3.63) is 64.3 Å². The number of carbonyl (C=O) groups excluding carboxylic acids is 1. The molecule has 0 aliphatic carbocycles. The summed E-state index contributed by atoms with van der Waals surface area (Å²) in [6, 6.07) is 9.05. The van der Waals surface area contributed by atoms with Crippen LogP contribution in [0.5, 0.6) is 0 Å². The fourth-order valence-electron chi connectivity index (χ4n) is 1.64. The number of anilines is 1. The molecule has 0 aliphatic heterocycles. The fourth-order valence-corrected chi connectivity index (χ4v) is 1.64. The van der Waals surface area contributed by atoms with Crippen LogP contribution >= 0.6 is 0 Å². The zero-order chi connectivity index (χ0) is 13.8. The lowest BCUT2D eigenvalue weighted by atomic mass is 10.3. The number of carbonyl (C=O) groups is 1. The van der Waals surface area contributed by atoms with E-state index in [1.165, 1.54) is 28.8 Å². The Hall–Kier alpha value is -2.43. The van der Waals surface area contributed by atoms with Gasteiger partial charge < -0.3 is 9.88 Å². The Kier molecular flexibility index (Phi) is 3.75. The van der Waals surface area contributed by atoms with Gasteiger partial charge in [0.2, 0.25) is 5.91 Å². The number of aryl methyl sites for hydroxylation is 1. The van der Waals surface area contributed by atoms with Crippen molar-refractivity contribution < 1.29 is 9.18 Å². The van der Waals surface area contributed by atoms with Crippen LogP contribution in [0.15, 0.2) is 47.4 Å². The predicted octanol–water partition coefficient (Wildman–Crippen LogP) is 1.93. The Labute approximate surface area is 109 Å². The first-order chi connectivity index (χ1) is 9.06. The van der Waals surface area contributed by atoms with E-state index in [9.17, 15) is 14.0 Å². The summed E-state index contributed by atoms with van der Waals surface area (Å²) >= 11 is 0. The first-order valence-corrected chi connectivity index (χ1v) is 5.78.